The number of methoxy groups -OCH3 is 1. The van der Waals surface area contributed by atoms with Gasteiger partial charge in [0.1, 0.15) is 5.75 Å². The SMILES string of the molecule is COc1cc(Cl)c(C)cc1NC(=O)Nc1cccc(Cl)c1. The van der Waals surface area contributed by atoms with Crippen LogP contribution in [0.4, 0.5) is 16.2 Å². The molecule has 0 spiro atoms. The average Bonchev–Trinajstić information content (AvgIpc) is 2.42. The second-order valence-corrected chi connectivity index (χ2v) is 5.23. The third-order valence-electron chi connectivity index (χ3n) is 2.81. The molecule has 0 radical (unpaired) electrons. The van der Waals surface area contributed by atoms with E-state index in [1.807, 2.05) is 6.92 Å². The van der Waals surface area contributed by atoms with E-state index in [1.165, 1.54) is 7.11 Å². The van der Waals surface area contributed by atoms with Crippen molar-refractivity contribution in [1.29, 1.82) is 0 Å². The third kappa shape index (κ3) is 4.03. The number of ether oxygens (including phenoxy) is 1. The number of benzene rings is 2. The fourth-order valence-electron chi connectivity index (χ4n) is 1.78. The maximum Gasteiger partial charge on any atom is 0.323 e. The molecule has 110 valence electrons. The van der Waals surface area contributed by atoms with Crippen molar-refractivity contribution in [3.63, 3.8) is 0 Å². The van der Waals surface area contributed by atoms with Gasteiger partial charge in [-0.05, 0) is 36.8 Å². The van der Waals surface area contributed by atoms with Crippen LogP contribution in [0.1, 0.15) is 5.56 Å². The van der Waals surface area contributed by atoms with E-state index in [-0.39, 0.29) is 0 Å². The van der Waals surface area contributed by atoms with Crippen LogP contribution in [0, 0.1) is 6.92 Å². The zero-order valence-electron chi connectivity index (χ0n) is 11.5. The Morgan fingerprint density at radius 2 is 1.90 bits per heavy atom. The topological polar surface area (TPSA) is 50.4 Å². The second kappa shape index (κ2) is 6.70. The highest BCUT2D eigenvalue weighted by atomic mass is 35.5. The van der Waals surface area contributed by atoms with Gasteiger partial charge in [0.05, 0.1) is 12.8 Å². The molecule has 0 fully saturated rings. The first kappa shape index (κ1) is 15.5. The molecule has 21 heavy (non-hydrogen) atoms. The molecule has 2 aromatic carbocycles. The van der Waals surface area contributed by atoms with Crippen molar-refractivity contribution in [1.82, 2.24) is 0 Å². The molecular weight excluding hydrogens is 311 g/mol. The number of hydrogen-bond donors (Lipinski definition) is 2. The number of aryl methyl sites for hydroxylation is 1. The number of nitrogens with one attached hydrogen (secondary N) is 2. The van der Waals surface area contributed by atoms with E-state index in [1.54, 1.807) is 36.4 Å². The lowest BCUT2D eigenvalue weighted by molar-refractivity contribution is 0.262. The first-order valence-corrected chi connectivity index (χ1v) is 6.93. The minimum Gasteiger partial charge on any atom is -0.495 e. The van der Waals surface area contributed by atoms with Crippen LogP contribution in [0.2, 0.25) is 10.0 Å². The summed E-state index contributed by atoms with van der Waals surface area (Å²) < 4.78 is 5.20. The van der Waals surface area contributed by atoms with Gasteiger partial charge in [0.2, 0.25) is 0 Å². The second-order valence-electron chi connectivity index (χ2n) is 4.39. The number of rotatable bonds is 3. The molecule has 0 aromatic heterocycles. The summed E-state index contributed by atoms with van der Waals surface area (Å²) in [6, 6.07) is 9.91. The van der Waals surface area contributed by atoms with E-state index < -0.39 is 6.03 Å². The van der Waals surface area contributed by atoms with Crippen molar-refractivity contribution in [2.24, 2.45) is 0 Å². The van der Waals surface area contributed by atoms with E-state index >= 15 is 0 Å². The maximum absolute atomic E-state index is 12.0. The highest BCUT2D eigenvalue weighted by Gasteiger charge is 2.10. The molecule has 2 N–H and O–H groups in total. The van der Waals surface area contributed by atoms with Crippen LogP contribution in [-0.2, 0) is 0 Å². The highest BCUT2D eigenvalue weighted by molar-refractivity contribution is 6.31. The van der Waals surface area contributed by atoms with Gasteiger partial charge in [-0.25, -0.2) is 4.79 Å². The minimum absolute atomic E-state index is 0.391. The van der Waals surface area contributed by atoms with Crippen molar-refractivity contribution < 1.29 is 9.53 Å². The predicted octanol–water partition coefficient (Wildman–Crippen LogP) is 4.95. The summed E-state index contributed by atoms with van der Waals surface area (Å²) in [5.74, 6) is 0.492. The van der Waals surface area contributed by atoms with Crippen LogP contribution in [0.3, 0.4) is 0 Å². The molecule has 0 aliphatic heterocycles. The Morgan fingerprint density at radius 3 is 2.57 bits per heavy atom. The van der Waals surface area contributed by atoms with E-state index in [9.17, 15) is 4.79 Å². The molecule has 0 saturated heterocycles. The third-order valence-corrected chi connectivity index (χ3v) is 3.45. The summed E-state index contributed by atoms with van der Waals surface area (Å²) in [6.07, 6.45) is 0. The van der Waals surface area contributed by atoms with Gasteiger partial charge in [-0.2, -0.15) is 0 Å². The fraction of sp³-hybridized carbons (Fsp3) is 0.133. The van der Waals surface area contributed by atoms with Crippen molar-refractivity contribution in [3.05, 3.63) is 52.0 Å². The smallest absolute Gasteiger partial charge is 0.323 e. The van der Waals surface area contributed by atoms with Crippen LogP contribution in [0.15, 0.2) is 36.4 Å². The summed E-state index contributed by atoms with van der Waals surface area (Å²) in [5, 5.41) is 6.54. The average molecular weight is 325 g/mol. The molecule has 6 heteroatoms. The van der Waals surface area contributed by atoms with Gasteiger partial charge in [-0.15, -0.1) is 0 Å². The van der Waals surface area contributed by atoms with E-state index in [0.29, 0.717) is 27.2 Å². The predicted molar refractivity (Wildman–Crippen MR) is 86.8 cm³/mol. The lowest BCUT2D eigenvalue weighted by atomic mass is 10.2. The Kier molecular flexibility index (Phi) is 4.94. The van der Waals surface area contributed by atoms with Crippen LogP contribution >= 0.6 is 23.2 Å². The summed E-state index contributed by atoms with van der Waals surface area (Å²) in [5.41, 5.74) is 1.99. The van der Waals surface area contributed by atoms with E-state index in [0.717, 1.165) is 5.56 Å². The number of hydrogen-bond acceptors (Lipinski definition) is 2. The summed E-state index contributed by atoms with van der Waals surface area (Å²) in [4.78, 5) is 12.0. The monoisotopic (exact) mass is 324 g/mol. The number of carbonyl (C=O) groups is 1. The number of halogens is 2. The molecule has 2 aromatic rings. The molecule has 2 rings (SSSR count). The Bertz CT molecular complexity index is 675. The van der Waals surface area contributed by atoms with Crippen LogP contribution in [-0.4, -0.2) is 13.1 Å². The highest BCUT2D eigenvalue weighted by Crippen LogP contribution is 2.31. The molecule has 0 bridgehead atoms. The molecule has 0 unspecified atom stereocenters. The number of amides is 2. The van der Waals surface area contributed by atoms with Crippen LogP contribution < -0.4 is 15.4 Å². The first-order valence-electron chi connectivity index (χ1n) is 6.17. The number of carbonyl (C=O) groups excluding carboxylic acids is 1. The standard InChI is InChI=1S/C15H14Cl2N2O2/c1-9-6-13(14(21-2)8-12(9)17)19-15(20)18-11-5-3-4-10(16)7-11/h3-8H,1-2H3,(H2,18,19,20). The Labute approximate surface area is 133 Å². The van der Waals surface area contributed by atoms with Crippen LogP contribution in [0.5, 0.6) is 5.75 Å². The zero-order valence-corrected chi connectivity index (χ0v) is 13.0. The van der Waals surface area contributed by atoms with E-state index in [4.69, 9.17) is 27.9 Å². The molecular formula is C15H14Cl2N2O2. The number of anilines is 2. The number of urea groups is 1. The minimum atomic E-state index is -0.391. The lowest BCUT2D eigenvalue weighted by Gasteiger charge is -2.13. The van der Waals surface area contributed by atoms with Crippen molar-refractivity contribution in [2.45, 2.75) is 6.92 Å². The lowest BCUT2D eigenvalue weighted by Crippen LogP contribution is -2.19. The normalized spacial score (nSPS) is 10.1. The molecule has 0 aliphatic carbocycles. The van der Waals surface area contributed by atoms with Gasteiger partial charge in [0.25, 0.3) is 0 Å². The van der Waals surface area contributed by atoms with Gasteiger partial charge >= 0.3 is 6.03 Å². The van der Waals surface area contributed by atoms with Crippen molar-refractivity contribution in [2.75, 3.05) is 17.7 Å². The van der Waals surface area contributed by atoms with E-state index in [2.05, 4.69) is 10.6 Å². The largest absolute Gasteiger partial charge is 0.495 e. The molecule has 0 atom stereocenters. The van der Waals surface area contributed by atoms with Crippen LogP contribution in [0.25, 0.3) is 0 Å². The molecule has 4 nitrogen and oxygen atoms in total. The Hall–Kier alpha value is -1.91. The quantitative estimate of drug-likeness (QED) is 0.838. The summed E-state index contributed by atoms with van der Waals surface area (Å²) in [6.45, 7) is 1.85. The molecule has 0 heterocycles. The van der Waals surface area contributed by atoms with Crippen molar-refractivity contribution >= 4 is 40.6 Å². The Morgan fingerprint density at radius 1 is 1.14 bits per heavy atom. The molecule has 2 amide bonds. The van der Waals surface area contributed by atoms with Gasteiger partial charge in [-0.1, -0.05) is 29.3 Å². The van der Waals surface area contributed by atoms with Crippen molar-refractivity contribution in [3.8, 4) is 5.75 Å². The zero-order chi connectivity index (χ0) is 15.4. The summed E-state index contributed by atoms with van der Waals surface area (Å²) in [7, 11) is 1.51. The maximum atomic E-state index is 12.0. The van der Waals surface area contributed by atoms with Gasteiger partial charge in [-0.3, -0.25) is 0 Å². The summed E-state index contributed by atoms with van der Waals surface area (Å²) >= 11 is 11.9. The fourth-order valence-corrected chi connectivity index (χ4v) is 2.12. The van der Waals surface area contributed by atoms with Gasteiger partial charge in [0, 0.05) is 21.8 Å². The van der Waals surface area contributed by atoms with Gasteiger partial charge < -0.3 is 15.4 Å². The molecule has 0 aliphatic rings. The molecule has 0 saturated carbocycles. The first-order chi connectivity index (χ1) is 9.99. The Balaban J connectivity index is 2.14. The van der Waals surface area contributed by atoms with Gasteiger partial charge in [0.15, 0.2) is 0 Å².